The third-order valence-corrected chi connectivity index (χ3v) is 7.13. The van der Waals surface area contributed by atoms with Crippen molar-refractivity contribution in [2.75, 3.05) is 33.3 Å². The molecular formula is C21H26FN3O4S. The van der Waals surface area contributed by atoms with Crippen LogP contribution in [0.1, 0.15) is 12.5 Å². The van der Waals surface area contributed by atoms with Crippen molar-refractivity contribution < 1.29 is 22.3 Å². The number of carbonyl (C=O) groups excluding carboxylic acids is 1. The summed E-state index contributed by atoms with van der Waals surface area (Å²) in [5.41, 5.74) is 0.931. The summed E-state index contributed by atoms with van der Waals surface area (Å²) in [7, 11) is -2.16. The first-order valence-electron chi connectivity index (χ1n) is 9.71. The largest absolute Gasteiger partial charge is 0.497 e. The molecule has 2 aromatic carbocycles. The normalized spacial score (nSPS) is 16.8. The number of hydrogen-bond acceptors (Lipinski definition) is 5. The van der Waals surface area contributed by atoms with E-state index >= 15 is 0 Å². The zero-order chi connectivity index (χ0) is 21.7. The summed E-state index contributed by atoms with van der Waals surface area (Å²) in [6.45, 7) is 3.51. The van der Waals surface area contributed by atoms with Gasteiger partial charge in [0.1, 0.15) is 11.6 Å². The van der Waals surface area contributed by atoms with Crippen LogP contribution in [0.5, 0.6) is 5.75 Å². The first-order valence-corrected chi connectivity index (χ1v) is 11.2. The number of sulfonamides is 1. The molecule has 1 N–H and O–H groups in total. The minimum Gasteiger partial charge on any atom is -0.497 e. The molecule has 30 heavy (non-hydrogen) atoms. The number of amides is 1. The number of methoxy groups -OCH3 is 1. The highest BCUT2D eigenvalue weighted by Gasteiger charge is 2.31. The minimum atomic E-state index is -3.75. The van der Waals surface area contributed by atoms with Crippen molar-refractivity contribution in [2.24, 2.45) is 0 Å². The summed E-state index contributed by atoms with van der Waals surface area (Å²) in [5.74, 6) is 0.0146. The minimum absolute atomic E-state index is 0.0555. The van der Waals surface area contributed by atoms with Gasteiger partial charge < -0.3 is 10.1 Å². The summed E-state index contributed by atoms with van der Waals surface area (Å²) < 4.78 is 45.4. The average Bonchev–Trinajstić information content (AvgIpc) is 2.77. The van der Waals surface area contributed by atoms with Crippen LogP contribution in [0.15, 0.2) is 53.4 Å². The number of piperazine rings is 1. The molecule has 1 aliphatic rings. The summed E-state index contributed by atoms with van der Waals surface area (Å²) in [6, 6.07) is 12.1. The molecular weight excluding hydrogens is 409 g/mol. The molecule has 1 heterocycles. The third kappa shape index (κ3) is 5.16. The van der Waals surface area contributed by atoms with Gasteiger partial charge in [-0.15, -0.1) is 0 Å². The Balaban J connectivity index is 1.54. The quantitative estimate of drug-likeness (QED) is 0.718. The predicted molar refractivity (Wildman–Crippen MR) is 111 cm³/mol. The predicted octanol–water partition coefficient (Wildman–Crippen LogP) is 1.85. The summed E-state index contributed by atoms with van der Waals surface area (Å²) >= 11 is 0. The van der Waals surface area contributed by atoms with Crippen molar-refractivity contribution >= 4 is 15.9 Å². The Morgan fingerprint density at radius 3 is 2.50 bits per heavy atom. The highest BCUT2D eigenvalue weighted by atomic mass is 32.2. The number of nitrogens with one attached hydrogen (secondary N) is 1. The molecule has 0 saturated carbocycles. The van der Waals surface area contributed by atoms with Crippen LogP contribution >= 0.6 is 0 Å². The SMILES string of the molecule is COc1cccc(CNC(=O)C(C)N2CCN(S(=O)(=O)c3cccc(F)c3)CC2)c1. The molecule has 1 unspecified atom stereocenters. The van der Waals surface area contributed by atoms with Gasteiger partial charge in [-0.3, -0.25) is 9.69 Å². The highest BCUT2D eigenvalue weighted by molar-refractivity contribution is 7.89. The molecule has 0 radical (unpaired) electrons. The van der Waals surface area contributed by atoms with E-state index in [9.17, 15) is 17.6 Å². The van der Waals surface area contributed by atoms with Crippen molar-refractivity contribution in [1.82, 2.24) is 14.5 Å². The van der Waals surface area contributed by atoms with Crippen LogP contribution in [0, 0.1) is 5.82 Å². The van der Waals surface area contributed by atoms with Crippen molar-refractivity contribution in [3.05, 3.63) is 59.9 Å². The maximum Gasteiger partial charge on any atom is 0.243 e. The molecule has 2 aromatic rings. The van der Waals surface area contributed by atoms with Crippen LogP contribution in [-0.2, 0) is 21.4 Å². The molecule has 1 atom stereocenters. The number of benzene rings is 2. The van der Waals surface area contributed by atoms with E-state index in [1.54, 1.807) is 14.0 Å². The van der Waals surface area contributed by atoms with Crippen LogP contribution < -0.4 is 10.1 Å². The summed E-state index contributed by atoms with van der Waals surface area (Å²) in [6.07, 6.45) is 0. The molecule has 0 spiro atoms. The Morgan fingerprint density at radius 2 is 1.83 bits per heavy atom. The second-order valence-corrected chi connectivity index (χ2v) is 9.08. The van der Waals surface area contributed by atoms with E-state index in [1.807, 2.05) is 29.2 Å². The Labute approximate surface area is 176 Å². The third-order valence-electron chi connectivity index (χ3n) is 5.24. The highest BCUT2D eigenvalue weighted by Crippen LogP contribution is 2.19. The van der Waals surface area contributed by atoms with E-state index in [4.69, 9.17) is 4.74 Å². The fourth-order valence-electron chi connectivity index (χ4n) is 3.39. The monoisotopic (exact) mass is 435 g/mol. The standard InChI is InChI=1S/C21H26FN3O4S/c1-16(21(26)23-15-17-5-3-7-19(13-17)29-2)24-9-11-25(12-10-24)30(27,28)20-8-4-6-18(22)14-20/h3-8,13-14,16H,9-12,15H2,1-2H3,(H,23,26). The van der Waals surface area contributed by atoms with E-state index in [0.717, 1.165) is 17.4 Å². The number of ether oxygens (including phenoxy) is 1. The molecule has 162 valence electrons. The molecule has 1 amide bonds. The van der Waals surface area contributed by atoms with Crippen molar-refractivity contribution in [3.8, 4) is 5.75 Å². The molecule has 1 aliphatic heterocycles. The first kappa shape index (κ1) is 22.2. The lowest BCUT2D eigenvalue weighted by molar-refractivity contribution is -0.126. The number of rotatable bonds is 7. The summed E-state index contributed by atoms with van der Waals surface area (Å²) in [5, 5.41) is 2.91. The zero-order valence-corrected chi connectivity index (χ0v) is 17.9. The van der Waals surface area contributed by atoms with Crippen LogP contribution in [0.25, 0.3) is 0 Å². The Kier molecular flexibility index (Phi) is 7.06. The fourth-order valence-corrected chi connectivity index (χ4v) is 4.85. The van der Waals surface area contributed by atoms with Gasteiger partial charge >= 0.3 is 0 Å². The number of halogens is 1. The van der Waals surface area contributed by atoms with Crippen LogP contribution in [-0.4, -0.2) is 62.9 Å². The smallest absolute Gasteiger partial charge is 0.243 e. The van der Waals surface area contributed by atoms with E-state index in [2.05, 4.69) is 5.32 Å². The lowest BCUT2D eigenvalue weighted by Crippen LogP contribution is -2.54. The van der Waals surface area contributed by atoms with Gasteiger partial charge in [-0.05, 0) is 42.8 Å². The lowest BCUT2D eigenvalue weighted by Gasteiger charge is -2.36. The molecule has 7 nitrogen and oxygen atoms in total. The van der Waals surface area contributed by atoms with Gasteiger partial charge in [-0.1, -0.05) is 18.2 Å². The van der Waals surface area contributed by atoms with Crippen molar-refractivity contribution in [2.45, 2.75) is 24.4 Å². The number of nitrogens with zero attached hydrogens (tertiary/aromatic N) is 2. The average molecular weight is 436 g/mol. The molecule has 1 saturated heterocycles. The molecule has 1 fully saturated rings. The fraction of sp³-hybridized carbons (Fsp3) is 0.381. The first-order chi connectivity index (χ1) is 14.3. The Morgan fingerprint density at radius 1 is 1.13 bits per heavy atom. The van der Waals surface area contributed by atoms with E-state index < -0.39 is 21.9 Å². The van der Waals surface area contributed by atoms with Crippen LogP contribution in [0.3, 0.4) is 0 Å². The molecule has 9 heteroatoms. The van der Waals surface area contributed by atoms with Gasteiger partial charge in [0.05, 0.1) is 18.0 Å². The second kappa shape index (κ2) is 9.55. The maximum atomic E-state index is 13.4. The van der Waals surface area contributed by atoms with Crippen molar-refractivity contribution in [3.63, 3.8) is 0 Å². The number of carbonyl (C=O) groups is 1. The topological polar surface area (TPSA) is 79.0 Å². The lowest BCUT2D eigenvalue weighted by atomic mass is 10.2. The van der Waals surface area contributed by atoms with Crippen LogP contribution in [0.4, 0.5) is 4.39 Å². The Hall–Kier alpha value is -2.49. The van der Waals surface area contributed by atoms with Gasteiger partial charge in [0, 0.05) is 32.7 Å². The van der Waals surface area contributed by atoms with E-state index in [0.29, 0.717) is 19.6 Å². The van der Waals surface area contributed by atoms with E-state index in [1.165, 1.54) is 22.5 Å². The van der Waals surface area contributed by atoms with Gasteiger partial charge in [0.2, 0.25) is 15.9 Å². The van der Waals surface area contributed by atoms with Gasteiger partial charge in [0.15, 0.2) is 0 Å². The van der Waals surface area contributed by atoms with Gasteiger partial charge in [-0.2, -0.15) is 4.31 Å². The summed E-state index contributed by atoms with van der Waals surface area (Å²) in [4.78, 5) is 14.4. The second-order valence-electron chi connectivity index (χ2n) is 7.14. The zero-order valence-electron chi connectivity index (χ0n) is 17.0. The van der Waals surface area contributed by atoms with Crippen LogP contribution in [0.2, 0.25) is 0 Å². The Bertz CT molecular complexity index is 991. The van der Waals surface area contributed by atoms with Crippen molar-refractivity contribution in [1.29, 1.82) is 0 Å². The molecule has 3 rings (SSSR count). The molecule has 0 aliphatic carbocycles. The molecule has 0 bridgehead atoms. The number of hydrogen-bond donors (Lipinski definition) is 1. The van der Waals surface area contributed by atoms with E-state index in [-0.39, 0.29) is 23.9 Å². The molecule has 0 aromatic heterocycles. The van der Waals surface area contributed by atoms with Gasteiger partial charge in [-0.25, -0.2) is 12.8 Å². The maximum absolute atomic E-state index is 13.4. The van der Waals surface area contributed by atoms with Gasteiger partial charge in [0.25, 0.3) is 0 Å².